The monoisotopic (exact) mass is 286 g/mol. The molecule has 1 aliphatic carbocycles. The normalized spacial score (nSPS) is 25.8. The lowest BCUT2D eigenvalue weighted by molar-refractivity contribution is 0.0911. The largest absolute Gasteiger partial charge is 0.493 e. The summed E-state index contributed by atoms with van der Waals surface area (Å²) in [5, 5.41) is 0. The van der Waals surface area contributed by atoms with Crippen molar-refractivity contribution < 1.29 is 4.74 Å². The minimum Gasteiger partial charge on any atom is -0.493 e. The molecule has 0 spiro atoms. The Bertz CT molecular complexity index is 516. The first-order valence-corrected chi connectivity index (χ1v) is 8.56. The molecular weight excluding hydrogens is 260 g/mol. The van der Waals surface area contributed by atoms with Crippen LogP contribution in [0.3, 0.4) is 0 Å². The molecule has 1 saturated carbocycles. The summed E-state index contributed by atoms with van der Waals surface area (Å²) in [5.74, 6) is 1.09. The first kappa shape index (κ1) is 13.6. The second-order valence-corrected chi connectivity index (χ2v) is 6.92. The SMILES string of the molecule is NC(c1cccc2c1OCC2)C1(N2CCCC2)CCCC1. The summed E-state index contributed by atoms with van der Waals surface area (Å²) < 4.78 is 5.92. The highest BCUT2D eigenvalue weighted by molar-refractivity contribution is 5.46. The van der Waals surface area contributed by atoms with E-state index in [1.807, 2.05) is 0 Å². The highest BCUT2D eigenvalue weighted by atomic mass is 16.5. The maximum atomic E-state index is 6.87. The molecule has 21 heavy (non-hydrogen) atoms. The molecule has 2 N–H and O–H groups in total. The number of fused-ring (bicyclic) bond motifs is 1. The molecule has 4 rings (SSSR count). The van der Waals surface area contributed by atoms with Crippen molar-refractivity contribution in [1.82, 2.24) is 4.90 Å². The summed E-state index contributed by atoms with van der Waals surface area (Å²) in [6.07, 6.45) is 8.83. The van der Waals surface area contributed by atoms with Crippen molar-refractivity contribution >= 4 is 0 Å². The van der Waals surface area contributed by atoms with Crippen LogP contribution in [0, 0.1) is 0 Å². The number of likely N-dealkylation sites (tertiary alicyclic amines) is 1. The Morgan fingerprint density at radius 3 is 2.62 bits per heavy atom. The number of nitrogens with zero attached hydrogens (tertiary/aromatic N) is 1. The van der Waals surface area contributed by atoms with Gasteiger partial charge in [-0.2, -0.15) is 0 Å². The molecule has 1 unspecified atom stereocenters. The van der Waals surface area contributed by atoms with Crippen LogP contribution >= 0.6 is 0 Å². The summed E-state index contributed by atoms with van der Waals surface area (Å²) in [7, 11) is 0. The van der Waals surface area contributed by atoms with E-state index in [1.54, 1.807) is 0 Å². The van der Waals surface area contributed by atoms with E-state index >= 15 is 0 Å². The van der Waals surface area contributed by atoms with Crippen molar-refractivity contribution in [1.29, 1.82) is 0 Å². The van der Waals surface area contributed by atoms with Crippen molar-refractivity contribution in [3.8, 4) is 5.75 Å². The average molecular weight is 286 g/mol. The van der Waals surface area contributed by atoms with Gasteiger partial charge in [0.05, 0.1) is 12.6 Å². The van der Waals surface area contributed by atoms with Gasteiger partial charge in [-0.25, -0.2) is 0 Å². The number of ether oxygens (including phenoxy) is 1. The molecule has 0 bridgehead atoms. The minimum atomic E-state index is 0.0890. The third-order valence-electron chi connectivity index (χ3n) is 5.86. The third kappa shape index (κ3) is 2.09. The number of hydrogen-bond acceptors (Lipinski definition) is 3. The van der Waals surface area contributed by atoms with Gasteiger partial charge < -0.3 is 10.5 Å². The van der Waals surface area contributed by atoms with Gasteiger partial charge in [-0.05, 0) is 44.3 Å². The second kappa shape index (κ2) is 5.29. The van der Waals surface area contributed by atoms with Gasteiger partial charge >= 0.3 is 0 Å². The smallest absolute Gasteiger partial charge is 0.127 e. The van der Waals surface area contributed by atoms with Crippen LogP contribution in [0.4, 0.5) is 0 Å². The summed E-state index contributed by atoms with van der Waals surface area (Å²) in [5.41, 5.74) is 9.64. The van der Waals surface area contributed by atoms with Crippen LogP contribution in [0.25, 0.3) is 0 Å². The van der Waals surface area contributed by atoms with Crippen molar-refractivity contribution in [2.24, 2.45) is 5.73 Å². The number of hydrogen-bond donors (Lipinski definition) is 1. The van der Waals surface area contributed by atoms with Gasteiger partial charge in [-0.15, -0.1) is 0 Å². The summed E-state index contributed by atoms with van der Waals surface area (Å²) in [6.45, 7) is 3.27. The van der Waals surface area contributed by atoms with Crippen LogP contribution in [-0.2, 0) is 6.42 Å². The Morgan fingerprint density at radius 2 is 1.86 bits per heavy atom. The first-order valence-electron chi connectivity index (χ1n) is 8.56. The van der Waals surface area contributed by atoms with Crippen LogP contribution in [0.15, 0.2) is 18.2 Å². The topological polar surface area (TPSA) is 38.5 Å². The molecule has 1 atom stereocenters. The Hall–Kier alpha value is -1.06. The van der Waals surface area contributed by atoms with E-state index in [-0.39, 0.29) is 11.6 Å². The minimum absolute atomic E-state index is 0.0890. The van der Waals surface area contributed by atoms with Crippen molar-refractivity contribution in [3.05, 3.63) is 29.3 Å². The van der Waals surface area contributed by atoms with Gasteiger partial charge in [0.15, 0.2) is 0 Å². The zero-order valence-electron chi connectivity index (χ0n) is 12.8. The molecular formula is C18H26N2O. The lowest BCUT2D eigenvalue weighted by Crippen LogP contribution is -2.52. The van der Waals surface area contributed by atoms with Crippen molar-refractivity contribution in [2.75, 3.05) is 19.7 Å². The van der Waals surface area contributed by atoms with Gasteiger partial charge in [-0.3, -0.25) is 4.90 Å². The molecule has 2 fully saturated rings. The van der Waals surface area contributed by atoms with E-state index in [9.17, 15) is 0 Å². The first-order chi connectivity index (χ1) is 10.3. The molecule has 1 aromatic rings. The van der Waals surface area contributed by atoms with E-state index in [4.69, 9.17) is 10.5 Å². The molecule has 2 aliphatic heterocycles. The number of para-hydroxylation sites is 1. The molecule has 3 heteroatoms. The van der Waals surface area contributed by atoms with E-state index in [0.29, 0.717) is 0 Å². The Morgan fingerprint density at radius 1 is 1.10 bits per heavy atom. The van der Waals surface area contributed by atoms with Crippen LogP contribution in [0.1, 0.15) is 55.7 Å². The molecule has 114 valence electrons. The second-order valence-electron chi connectivity index (χ2n) is 6.92. The van der Waals surface area contributed by atoms with Gasteiger partial charge in [-0.1, -0.05) is 31.0 Å². The molecule has 2 heterocycles. The standard InChI is InChI=1S/C18H26N2O/c19-17(15-7-5-6-14-8-13-21-16(14)15)18(9-1-2-10-18)20-11-3-4-12-20/h5-7,17H,1-4,8-13,19H2. The van der Waals surface area contributed by atoms with Gasteiger partial charge in [0.25, 0.3) is 0 Å². The van der Waals surface area contributed by atoms with E-state index < -0.39 is 0 Å². The molecule has 0 radical (unpaired) electrons. The number of rotatable bonds is 3. The maximum absolute atomic E-state index is 6.87. The molecule has 3 nitrogen and oxygen atoms in total. The molecule has 3 aliphatic rings. The molecule has 1 saturated heterocycles. The quantitative estimate of drug-likeness (QED) is 0.928. The van der Waals surface area contributed by atoms with Crippen molar-refractivity contribution in [2.45, 2.75) is 56.5 Å². The lowest BCUT2D eigenvalue weighted by atomic mass is 9.82. The average Bonchev–Trinajstić information content (AvgIpc) is 3.24. The molecule has 0 amide bonds. The predicted molar refractivity (Wildman–Crippen MR) is 84.6 cm³/mol. The number of nitrogens with two attached hydrogens (primary N) is 1. The van der Waals surface area contributed by atoms with Crippen molar-refractivity contribution in [3.63, 3.8) is 0 Å². The van der Waals surface area contributed by atoms with Gasteiger partial charge in [0.2, 0.25) is 0 Å². The third-order valence-corrected chi connectivity index (χ3v) is 5.86. The highest BCUT2D eigenvalue weighted by Gasteiger charge is 2.46. The van der Waals surface area contributed by atoms with Crippen LogP contribution in [0.2, 0.25) is 0 Å². The van der Waals surface area contributed by atoms with Crippen LogP contribution in [0.5, 0.6) is 5.75 Å². The van der Waals surface area contributed by atoms with Gasteiger partial charge in [0.1, 0.15) is 5.75 Å². The summed E-state index contributed by atoms with van der Waals surface area (Å²) >= 11 is 0. The zero-order valence-corrected chi connectivity index (χ0v) is 12.8. The van der Waals surface area contributed by atoms with E-state index in [1.165, 1.54) is 62.7 Å². The summed E-state index contributed by atoms with van der Waals surface area (Å²) in [4.78, 5) is 2.69. The molecule has 0 aromatic heterocycles. The maximum Gasteiger partial charge on any atom is 0.127 e. The summed E-state index contributed by atoms with van der Waals surface area (Å²) in [6, 6.07) is 6.64. The van der Waals surface area contributed by atoms with Gasteiger partial charge in [0, 0.05) is 17.5 Å². The van der Waals surface area contributed by atoms with Crippen LogP contribution < -0.4 is 10.5 Å². The fourth-order valence-corrected chi connectivity index (χ4v) is 4.75. The molecule has 1 aromatic carbocycles. The van der Waals surface area contributed by atoms with E-state index in [2.05, 4.69) is 23.1 Å². The van der Waals surface area contributed by atoms with Crippen LogP contribution in [-0.4, -0.2) is 30.1 Å². The number of benzene rings is 1. The Balaban J connectivity index is 1.71. The Labute approximate surface area is 127 Å². The fourth-order valence-electron chi connectivity index (χ4n) is 4.75. The Kier molecular flexibility index (Phi) is 3.43. The fraction of sp³-hybridized carbons (Fsp3) is 0.667. The van der Waals surface area contributed by atoms with E-state index in [0.717, 1.165) is 18.8 Å². The zero-order chi connectivity index (χ0) is 14.3. The lowest BCUT2D eigenvalue weighted by Gasteiger charge is -2.44. The highest BCUT2D eigenvalue weighted by Crippen LogP contribution is 2.47. The predicted octanol–water partition coefficient (Wildman–Crippen LogP) is 3.03.